The van der Waals surface area contributed by atoms with Crippen LogP contribution >= 0.6 is 0 Å². The summed E-state index contributed by atoms with van der Waals surface area (Å²) < 4.78 is 0. The molecule has 23 heavy (non-hydrogen) atoms. The maximum Gasteiger partial charge on any atom is 0.225 e. The van der Waals surface area contributed by atoms with Crippen LogP contribution in [0.3, 0.4) is 0 Å². The van der Waals surface area contributed by atoms with Gasteiger partial charge in [-0.25, -0.2) is 0 Å². The molecular weight excluding hydrogens is 288 g/mol. The first-order chi connectivity index (χ1) is 10.9. The van der Waals surface area contributed by atoms with E-state index in [4.69, 9.17) is 0 Å². The van der Waals surface area contributed by atoms with Gasteiger partial charge in [-0.2, -0.15) is 5.26 Å². The van der Waals surface area contributed by atoms with Crippen molar-refractivity contribution < 1.29 is 4.79 Å². The van der Waals surface area contributed by atoms with Crippen molar-refractivity contribution >= 4 is 11.6 Å². The molecule has 124 valence electrons. The van der Waals surface area contributed by atoms with Crippen LogP contribution in [-0.4, -0.2) is 56.0 Å². The molecule has 1 amide bonds. The molecular formula is C18H26N4O. The van der Waals surface area contributed by atoms with E-state index >= 15 is 0 Å². The first kappa shape index (κ1) is 17.3. The van der Waals surface area contributed by atoms with E-state index in [0.717, 1.165) is 24.3 Å². The molecule has 1 aromatic rings. The lowest BCUT2D eigenvalue weighted by Crippen LogP contribution is -2.50. The van der Waals surface area contributed by atoms with E-state index in [-0.39, 0.29) is 17.9 Å². The van der Waals surface area contributed by atoms with Gasteiger partial charge in [-0.1, -0.05) is 26.0 Å². The Bertz CT molecular complexity index is 566. The molecule has 0 aromatic heterocycles. The molecule has 1 atom stereocenters. The van der Waals surface area contributed by atoms with Crippen molar-refractivity contribution in [3.63, 3.8) is 0 Å². The molecule has 0 N–H and O–H groups in total. The molecule has 0 saturated carbocycles. The Balaban J connectivity index is 2.03. The predicted molar refractivity (Wildman–Crippen MR) is 92.1 cm³/mol. The highest BCUT2D eigenvalue weighted by molar-refractivity contribution is 5.78. The van der Waals surface area contributed by atoms with Crippen molar-refractivity contribution in [2.24, 2.45) is 5.92 Å². The third-order valence-electron chi connectivity index (χ3n) is 4.33. The van der Waals surface area contributed by atoms with Crippen LogP contribution in [-0.2, 0) is 4.79 Å². The van der Waals surface area contributed by atoms with Crippen LogP contribution in [0.15, 0.2) is 24.3 Å². The summed E-state index contributed by atoms with van der Waals surface area (Å²) in [4.78, 5) is 18.2. The molecule has 1 aromatic carbocycles. The first-order valence-corrected chi connectivity index (χ1v) is 8.13. The predicted octanol–water partition coefficient (Wildman–Crippen LogP) is 2.12. The Hall–Kier alpha value is -2.06. The monoisotopic (exact) mass is 314 g/mol. The van der Waals surface area contributed by atoms with Crippen molar-refractivity contribution in [2.45, 2.75) is 19.9 Å². The van der Waals surface area contributed by atoms with E-state index in [2.05, 4.69) is 11.0 Å². The molecule has 1 fully saturated rings. The average Bonchev–Trinajstić information content (AvgIpc) is 2.56. The Kier molecular flexibility index (Phi) is 5.62. The van der Waals surface area contributed by atoms with Gasteiger partial charge in [0.15, 0.2) is 0 Å². The summed E-state index contributed by atoms with van der Waals surface area (Å²) in [5.74, 6) is 0.236. The average molecular weight is 314 g/mol. The van der Waals surface area contributed by atoms with Gasteiger partial charge >= 0.3 is 0 Å². The zero-order valence-electron chi connectivity index (χ0n) is 14.5. The second kappa shape index (κ2) is 7.47. The van der Waals surface area contributed by atoms with Gasteiger partial charge in [0.05, 0.1) is 6.07 Å². The highest BCUT2D eigenvalue weighted by Crippen LogP contribution is 2.24. The second-order valence-corrected chi connectivity index (χ2v) is 6.53. The number of rotatable bonds is 4. The van der Waals surface area contributed by atoms with Gasteiger partial charge in [-0.15, -0.1) is 0 Å². The van der Waals surface area contributed by atoms with Crippen molar-refractivity contribution in [3.8, 4) is 6.07 Å². The van der Waals surface area contributed by atoms with Crippen LogP contribution in [0.4, 0.5) is 5.69 Å². The Morgan fingerprint density at radius 1 is 1.13 bits per heavy atom. The minimum Gasteiger partial charge on any atom is -0.378 e. The summed E-state index contributed by atoms with van der Waals surface area (Å²) in [6.45, 7) is 6.74. The Morgan fingerprint density at radius 2 is 1.70 bits per heavy atom. The lowest BCUT2D eigenvalue weighted by molar-refractivity contribution is -0.136. The third kappa shape index (κ3) is 4.02. The normalized spacial score (nSPS) is 17.0. The van der Waals surface area contributed by atoms with E-state index < -0.39 is 0 Å². The van der Waals surface area contributed by atoms with Gasteiger partial charge in [-0.05, 0) is 17.7 Å². The van der Waals surface area contributed by atoms with Crippen molar-refractivity contribution in [1.29, 1.82) is 5.26 Å². The molecule has 0 bridgehead atoms. The number of nitriles is 1. The molecule has 5 heteroatoms. The lowest BCUT2D eigenvalue weighted by Gasteiger charge is -2.37. The molecule has 1 aliphatic rings. The minimum absolute atomic E-state index is 0.0342. The van der Waals surface area contributed by atoms with Crippen LogP contribution in [0.2, 0.25) is 0 Å². The second-order valence-electron chi connectivity index (χ2n) is 6.53. The van der Waals surface area contributed by atoms with Crippen LogP contribution in [0, 0.1) is 17.2 Å². The summed E-state index contributed by atoms with van der Waals surface area (Å²) in [5.41, 5.74) is 2.14. The Morgan fingerprint density at radius 3 is 2.13 bits per heavy atom. The summed E-state index contributed by atoms with van der Waals surface area (Å²) in [6, 6.07) is 10.3. The molecule has 0 spiro atoms. The highest BCUT2D eigenvalue weighted by atomic mass is 16.2. The summed E-state index contributed by atoms with van der Waals surface area (Å²) in [6.07, 6.45) is 0. The number of nitrogens with zero attached hydrogens (tertiary/aromatic N) is 4. The van der Waals surface area contributed by atoms with E-state index in [1.165, 1.54) is 0 Å². The molecule has 0 radical (unpaired) electrons. The first-order valence-electron chi connectivity index (χ1n) is 8.13. The van der Waals surface area contributed by atoms with Crippen LogP contribution in [0.25, 0.3) is 0 Å². The van der Waals surface area contributed by atoms with Crippen LogP contribution in [0.5, 0.6) is 0 Å². The van der Waals surface area contributed by atoms with Crippen molar-refractivity contribution in [1.82, 2.24) is 9.80 Å². The van der Waals surface area contributed by atoms with E-state index in [9.17, 15) is 10.1 Å². The fourth-order valence-corrected chi connectivity index (χ4v) is 2.89. The smallest absolute Gasteiger partial charge is 0.225 e. The van der Waals surface area contributed by atoms with Gasteiger partial charge in [0.2, 0.25) is 5.91 Å². The minimum atomic E-state index is -0.248. The topological polar surface area (TPSA) is 50.6 Å². The lowest BCUT2D eigenvalue weighted by atomic mass is 10.0. The zero-order valence-corrected chi connectivity index (χ0v) is 14.5. The summed E-state index contributed by atoms with van der Waals surface area (Å²) >= 11 is 0. The summed E-state index contributed by atoms with van der Waals surface area (Å²) in [5, 5.41) is 9.59. The van der Waals surface area contributed by atoms with Crippen LogP contribution in [0.1, 0.15) is 25.5 Å². The Labute approximate surface area is 139 Å². The number of carbonyl (C=O) groups excluding carboxylic acids is 1. The van der Waals surface area contributed by atoms with E-state index in [1.807, 2.05) is 62.0 Å². The number of piperazine rings is 1. The molecule has 1 aliphatic heterocycles. The number of hydrogen-bond acceptors (Lipinski definition) is 4. The van der Waals surface area contributed by atoms with Gasteiger partial charge in [0.1, 0.15) is 6.04 Å². The highest BCUT2D eigenvalue weighted by Gasteiger charge is 2.27. The van der Waals surface area contributed by atoms with E-state index in [1.54, 1.807) is 0 Å². The largest absolute Gasteiger partial charge is 0.378 e. The van der Waals surface area contributed by atoms with Gasteiger partial charge in [0, 0.05) is 51.9 Å². The number of amides is 1. The maximum absolute atomic E-state index is 12.1. The quantitative estimate of drug-likeness (QED) is 0.854. The van der Waals surface area contributed by atoms with Crippen molar-refractivity contribution in [2.75, 3.05) is 45.2 Å². The zero-order chi connectivity index (χ0) is 17.0. The van der Waals surface area contributed by atoms with Gasteiger partial charge < -0.3 is 9.80 Å². The molecule has 2 rings (SSSR count). The fraction of sp³-hybridized carbons (Fsp3) is 0.556. The maximum atomic E-state index is 12.1. The number of anilines is 1. The van der Waals surface area contributed by atoms with Crippen LogP contribution < -0.4 is 4.90 Å². The number of carbonyl (C=O) groups is 1. The van der Waals surface area contributed by atoms with Gasteiger partial charge in [0.25, 0.3) is 0 Å². The molecule has 5 nitrogen and oxygen atoms in total. The standard InChI is InChI=1S/C18H26N4O/c1-14(2)18(23)22-11-9-21(10-12-22)17(13-19)15-5-7-16(8-6-15)20(3)4/h5-8,14,17H,9-12H2,1-4H3. The SMILES string of the molecule is CC(C)C(=O)N1CCN(C(C#N)c2ccc(N(C)C)cc2)CC1. The van der Waals surface area contributed by atoms with Crippen molar-refractivity contribution in [3.05, 3.63) is 29.8 Å². The molecule has 1 heterocycles. The number of benzene rings is 1. The molecule has 1 saturated heterocycles. The van der Waals surface area contributed by atoms with E-state index in [0.29, 0.717) is 13.1 Å². The number of hydrogen-bond donors (Lipinski definition) is 0. The fourth-order valence-electron chi connectivity index (χ4n) is 2.89. The summed E-state index contributed by atoms with van der Waals surface area (Å²) in [7, 11) is 4.00. The molecule has 0 aliphatic carbocycles. The molecule has 1 unspecified atom stereocenters. The third-order valence-corrected chi connectivity index (χ3v) is 4.33. The van der Waals surface area contributed by atoms with Gasteiger partial charge in [-0.3, -0.25) is 9.69 Å².